The van der Waals surface area contributed by atoms with E-state index in [0.717, 1.165) is 18.5 Å². The van der Waals surface area contributed by atoms with E-state index in [2.05, 4.69) is 75.4 Å². The Bertz CT molecular complexity index is 803. The summed E-state index contributed by atoms with van der Waals surface area (Å²) in [6.07, 6.45) is 4.13. The number of hydrogen-bond acceptors (Lipinski definition) is 1. The largest absolute Gasteiger partial charge is 0.256 e. The van der Waals surface area contributed by atoms with Crippen LogP contribution in [0.5, 0.6) is 0 Å². The fourth-order valence-electron chi connectivity index (χ4n) is 3.04. The monoisotopic (exact) mass is 301 g/mol. The van der Waals surface area contributed by atoms with Crippen LogP contribution in [0.4, 0.5) is 0 Å². The van der Waals surface area contributed by atoms with Crippen LogP contribution < -0.4 is 0 Å². The van der Waals surface area contributed by atoms with Gasteiger partial charge in [-0.1, -0.05) is 56.3 Å². The maximum Gasteiger partial charge on any atom is 0.0705 e. The molecule has 3 aromatic rings. The minimum absolute atomic E-state index is 1.04. The smallest absolute Gasteiger partial charge is 0.0705 e. The number of hydrogen-bond donors (Lipinski definition) is 0. The quantitative estimate of drug-likeness (QED) is 0.589. The highest BCUT2D eigenvalue weighted by molar-refractivity contribution is 5.74. The lowest BCUT2D eigenvalue weighted by molar-refractivity contribution is 1.01. The van der Waals surface area contributed by atoms with E-state index in [0.29, 0.717) is 0 Å². The lowest BCUT2D eigenvalue weighted by Crippen LogP contribution is -1.95. The summed E-state index contributed by atoms with van der Waals surface area (Å²) in [7, 11) is 0. The molecule has 0 N–H and O–H groups in total. The Labute approximate surface area is 139 Å². The average molecular weight is 301 g/mol. The molecule has 0 fully saturated rings. The van der Waals surface area contributed by atoms with Crippen molar-refractivity contribution in [2.75, 3.05) is 0 Å². The van der Waals surface area contributed by atoms with Crippen LogP contribution in [0.1, 0.15) is 30.5 Å². The summed E-state index contributed by atoms with van der Waals surface area (Å²) in [6, 6.07) is 19.4. The summed E-state index contributed by atoms with van der Waals surface area (Å²) >= 11 is 0. The molecule has 0 saturated carbocycles. The molecule has 1 aromatic heterocycles. The lowest BCUT2D eigenvalue weighted by Gasteiger charge is -2.11. The third-order valence-electron chi connectivity index (χ3n) is 4.46. The molecule has 0 bridgehead atoms. The second-order valence-corrected chi connectivity index (χ2v) is 5.94. The van der Waals surface area contributed by atoms with E-state index in [-0.39, 0.29) is 0 Å². The van der Waals surface area contributed by atoms with E-state index in [1.807, 2.05) is 6.20 Å². The number of aromatic nitrogens is 1. The lowest BCUT2D eigenvalue weighted by atomic mass is 9.96. The molecule has 3 rings (SSSR count). The average Bonchev–Trinajstić information content (AvgIpc) is 2.62. The normalized spacial score (nSPS) is 10.7. The van der Waals surface area contributed by atoms with Gasteiger partial charge < -0.3 is 0 Å². The first-order valence-corrected chi connectivity index (χ1v) is 8.37. The van der Waals surface area contributed by atoms with Crippen molar-refractivity contribution in [3.05, 3.63) is 77.5 Å². The number of rotatable bonds is 4. The van der Waals surface area contributed by atoms with Crippen molar-refractivity contribution in [1.82, 2.24) is 4.98 Å². The van der Waals surface area contributed by atoms with Crippen molar-refractivity contribution < 1.29 is 0 Å². The van der Waals surface area contributed by atoms with Crippen molar-refractivity contribution in [2.45, 2.75) is 33.6 Å². The highest BCUT2D eigenvalue weighted by atomic mass is 14.7. The standard InChI is InChI=1S/C22H23N/c1-4-17-14-22(23-15-18(17)5-2)20-12-11-16(3)21(13-20)19-9-7-6-8-10-19/h6-15H,4-5H2,1-3H3. The van der Waals surface area contributed by atoms with Crippen molar-refractivity contribution in [1.29, 1.82) is 0 Å². The molecule has 116 valence electrons. The van der Waals surface area contributed by atoms with Crippen LogP contribution in [0.15, 0.2) is 60.8 Å². The number of benzene rings is 2. The Morgan fingerprint density at radius 3 is 2.22 bits per heavy atom. The molecule has 0 unspecified atom stereocenters. The molecule has 0 radical (unpaired) electrons. The number of pyridine rings is 1. The van der Waals surface area contributed by atoms with Gasteiger partial charge in [0, 0.05) is 11.8 Å². The van der Waals surface area contributed by atoms with Crippen LogP contribution in [-0.2, 0) is 12.8 Å². The molecule has 0 aliphatic carbocycles. The van der Waals surface area contributed by atoms with E-state index in [1.54, 1.807) is 0 Å². The second-order valence-electron chi connectivity index (χ2n) is 5.94. The van der Waals surface area contributed by atoms with Gasteiger partial charge >= 0.3 is 0 Å². The van der Waals surface area contributed by atoms with E-state index < -0.39 is 0 Å². The molecule has 0 atom stereocenters. The van der Waals surface area contributed by atoms with Crippen LogP contribution in [0.2, 0.25) is 0 Å². The van der Waals surface area contributed by atoms with E-state index >= 15 is 0 Å². The molecule has 0 aliphatic heterocycles. The van der Waals surface area contributed by atoms with Crippen LogP contribution >= 0.6 is 0 Å². The van der Waals surface area contributed by atoms with Gasteiger partial charge in [-0.15, -0.1) is 0 Å². The summed E-state index contributed by atoms with van der Waals surface area (Å²) in [5.74, 6) is 0. The zero-order chi connectivity index (χ0) is 16.2. The molecule has 1 heteroatoms. The Balaban J connectivity index is 2.08. The Morgan fingerprint density at radius 1 is 0.783 bits per heavy atom. The molecule has 23 heavy (non-hydrogen) atoms. The van der Waals surface area contributed by atoms with Gasteiger partial charge in [-0.2, -0.15) is 0 Å². The molecule has 1 heterocycles. The van der Waals surface area contributed by atoms with Gasteiger partial charge in [0.05, 0.1) is 5.69 Å². The van der Waals surface area contributed by atoms with Gasteiger partial charge in [0.25, 0.3) is 0 Å². The SMILES string of the molecule is CCc1cnc(-c2ccc(C)c(-c3ccccc3)c2)cc1CC. The van der Waals surface area contributed by atoms with Crippen LogP contribution in [-0.4, -0.2) is 4.98 Å². The predicted octanol–water partition coefficient (Wildman–Crippen LogP) is 5.85. The first kappa shape index (κ1) is 15.5. The first-order chi connectivity index (χ1) is 11.2. The molecule has 0 spiro atoms. The second kappa shape index (κ2) is 6.78. The Kier molecular flexibility index (Phi) is 4.57. The highest BCUT2D eigenvalue weighted by Crippen LogP contribution is 2.29. The molecule has 0 amide bonds. The topological polar surface area (TPSA) is 12.9 Å². The van der Waals surface area contributed by atoms with Crippen molar-refractivity contribution in [2.24, 2.45) is 0 Å². The summed E-state index contributed by atoms with van der Waals surface area (Å²) in [6.45, 7) is 6.56. The highest BCUT2D eigenvalue weighted by Gasteiger charge is 2.08. The van der Waals surface area contributed by atoms with Gasteiger partial charge in [-0.3, -0.25) is 4.98 Å². The van der Waals surface area contributed by atoms with Crippen LogP contribution in [0, 0.1) is 6.92 Å². The first-order valence-electron chi connectivity index (χ1n) is 8.37. The van der Waals surface area contributed by atoms with Crippen molar-refractivity contribution >= 4 is 0 Å². The van der Waals surface area contributed by atoms with Gasteiger partial charge in [0.2, 0.25) is 0 Å². The minimum Gasteiger partial charge on any atom is -0.256 e. The van der Waals surface area contributed by atoms with Crippen LogP contribution in [0.3, 0.4) is 0 Å². The van der Waals surface area contributed by atoms with Gasteiger partial charge in [0.15, 0.2) is 0 Å². The molecular weight excluding hydrogens is 278 g/mol. The third-order valence-corrected chi connectivity index (χ3v) is 4.46. The number of nitrogens with zero attached hydrogens (tertiary/aromatic N) is 1. The van der Waals surface area contributed by atoms with E-state index in [9.17, 15) is 0 Å². The number of aryl methyl sites for hydroxylation is 3. The fourth-order valence-corrected chi connectivity index (χ4v) is 3.04. The van der Waals surface area contributed by atoms with Gasteiger partial charge in [-0.25, -0.2) is 0 Å². The maximum atomic E-state index is 4.69. The van der Waals surface area contributed by atoms with Crippen molar-refractivity contribution in [3.8, 4) is 22.4 Å². The third kappa shape index (κ3) is 3.19. The maximum absolute atomic E-state index is 4.69. The molecule has 1 nitrogen and oxygen atoms in total. The zero-order valence-corrected chi connectivity index (χ0v) is 14.1. The minimum atomic E-state index is 1.04. The Morgan fingerprint density at radius 2 is 1.52 bits per heavy atom. The molecule has 2 aromatic carbocycles. The summed E-state index contributed by atoms with van der Waals surface area (Å²) in [5.41, 5.74) is 8.84. The van der Waals surface area contributed by atoms with Crippen LogP contribution in [0.25, 0.3) is 22.4 Å². The molecule has 0 saturated heterocycles. The fraction of sp³-hybridized carbons (Fsp3) is 0.227. The van der Waals surface area contributed by atoms with Gasteiger partial charge in [0.1, 0.15) is 0 Å². The zero-order valence-electron chi connectivity index (χ0n) is 14.1. The molecular formula is C22H23N. The predicted molar refractivity (Wildman–Crippen MR) is 98.6 cm³/mol. The summed E-state index contributed by atoms with van der Waals surface area (Å²) in [4.78, 5) is 4.69. The Hall–Kier alpha value is -2.41. The van der Waals surface area contributed by atoms with E-state index in [4.69, 9.17) is 4.98 Å². The summed E-state index contributed by atoms with van der Waals surface area (Å²) < 4.78 is 0. The van der Waals surface area contributed by atoms with Gasteiger partial charge in [-0.05, 0) is 59.7 Å². The summed E-state index contributed by atoms with van der Waals surface area (Å²) in [5, 5.41) is 0. The van der Waals surface area contributed by atoms with E-state index in [1.165, 1.54) is 33.4 Å². The van der Waals surface area contributed by atoms with Crippen molar-refractivity contribution in [3.63, 3.8) is 0 Å². The molecule has 0 aliphatic rings.